The lowest BCUT2D eigenvalue weighted by Gasteiger charge is -2.34. The molecule has 0 unspecified atom stereocenters. The number of piperidine rings is 1. The highest BCUT2D eigenvalue weighted by Crippen LogP contribution is 2.29. The van der Waals surface area contributed by atoms with Crippen LogP contribution in [0.2, 0.25) is 0 Å². The number of tetrazole rings is 1. The van der Waals surface area contributed by atoms with Crippen LogP contribution in [0.15, 0.2) is 48.7 Å². The van der Waals surface area contributed by atoms with Crippen molar-refractivity contribution in [3.8, 4) is 5.75 Å². The van der Waals surface area contributed by atoms with Crippen LogP contribution >= 0.6 is 0 Å². The van der Waals surface area contributed by atoms with Crippen molar-refractivity contribution < 1.29 is 9.53 Å². The van der Waals surface area contributed by atoms with Gasteiger partial charge in [-0.05, 0) is 60.0 Å². The van der Waals surface area contributed by atoms with E-state index in [1.807, 2.05) is 64.9 Å². The Labute approximate surface area is 191 Å². The summed E-state index contributed by atoms with van der Waals surface area (Å²) in [6.07, 6.45) is 4.31. The first kappa shape index (κ1) is 21.0. The Morgan fingerprint density at radius 2 is 2.09 bits per heavy atom. The number of benzene rings is 1. The van der Waals surface area contributed by atoms with E-state index in [1.165, 1.54) is 0 Å². The summed E-state index contributed by atoms with van der Waals surface area (Å²) in [7, 11) is 1.63. The van der Waals surface area contributed by atoms with Crippen LogP contribution in [0.5, 0.6) is 5.75 Å². The van der Waals surface area contributed by atoms with Crippen molar-refractivity contribution >= 4 is 11.6 Å². The van der Waals surface area contributed by atoms with Crippen LogP contribution in [0.4, 0.5) is 0 Å². The van der Waals surface area contributed by atoms with E-state index in [1.54, 1.807) is 11.8 Å². The number of pyridine rings is 1. The van der Waals surface area contributed by atoms with Gasteiger partial charge in [-0.1, -0.05) is 18.2 Å². The van der Waals surface area contributed by atoms with Crippen molar-refractivity contribution in [2.75, 3.05) is 20.2 Å². The van der Waals surface area contributed by atoms with Gasteiger partial charge in [-0.2, -0.15) is 0 Å². The number of methoxy groups -OCH3 is 1. The molecular weight excluding hydrogens is 420 g/mol. The molecule has 10 heteroatoms. The summed E-state index contributed by atoms with van der Waals surface area (Å²) in [5.41, 5.74) is 1.80. The third kappa shape index (κ3) is 4.15. The van der Waals surface area contributed by atoms with E-state index in [0.717, 1.165) is 35.6 Å². The largest absolute Gasteiger partial charge is 0.497 e. The van der Waals surface area contributed by atoms with Crippen molar-refractivity contribution in [1.29, 1.82) is 0 Å². The van der Waals surface area contributed by atoms with E-state index in [-0.39, 0.29) is 11.8 Å². The molecule has 1 amide bonds. The molecule has 1 saturated heterocycles. The molecule has 1 aliphatic rings. The zero-order chi connectivity index (χ0) is 22.8. The molecule has 170 valence electrons. The fourth-order valence-electron chi connectivity index (χ4n) is 4.56. The summed E-state index contributed by atoms with van der Waals surface area (Å²) in [4.78, 5) is 15.7. The summed E-state index contributed by atoms with van der Waals surface area (Å²) < 4.78 is 9.00. The average Bonchev–Trinajstić information content (AvgIpc) is 3.48. The second-order valence-corrected chi connectivity index (χ2v) is 8.35. The quantitative estimate of drug-likeness (QED) is 0.447. The highest BCUT2D eigenvalue weighted by Gasteiger charge is 2.33. The Morgan fingerprint density at radius 3 is 2.91 bits per heavy atom. The van der Waals surface area contributed by atoms with Crippen molar-refractivity contribution in [3.05, 3.63) is 65.9 Å². The number of carbonyl (C=O) groups excluding carboxylic acids is 1. The van der Waals surface area contributed by atoms with Crippen molar-refractivity contribution in [1.82, 2.24) is 39.7 Å². The predicted molar refractivity (Wildman–Crippen MR) is 120 cm³/mol. The molecule has 1 aromatic carbocycles. The molecule has 4 heterocycles. The lowest BCUT2D eigenvalue weighted by Crippen LogP contribution is -2.44. The highest BCUT2D eigenvalue weighted by atomic mass is 16.5. The molecule has 10 nitrogen and oxygen atoms in total. The van der Waals surface area contributed by atoms with Gasteiger partial charge >= 0.3 is 0 Å². The molecule has 1 aliphatic heterocycles. The summed E-state index contributed by atoms with van der Waals surface area (Å²) in [6, 6.07) is 13.1. The summed E-state index contributed by atoms with van der Waals surface area (Å²) in [5.74, 6) is 2.38. The Balaban J connectivity index is 1.41. The molecule has 3 aromatic heterocycles. The van der Waals surface area contributed by atoms with Crippen LogP contribution in [-0.2, 0) is 11.2 Å². The molecule has 0 bridgehead atoms. The fourth-order valence-corrected chi connectivity index (χ4v) is 4.56. The number of hydrogen-bond donors (Lipinski definition) is 0. The molecule has 33 heavy (non-hydrogen) atoms. The van der Waals surface area contributed by atoms with Gasteiger partial charge in [0.1, 0.15) is 23.4 Å². The molecule has 5 rings (SSSR count). The molecule has 1 fully saturated rings. The second-order valence-electron chi connectivity index (χ2n) is 8.35. The maximum absolute atomic E-state index is 13.8. The van der Waals surface area contributed by atoms with E-state index >= 15 is 0 Å². The van der Waals surface area contributed by atoms with E-state index in [2.05, 4.69) is 25.7 Å². The van der Waals surface area contributed by atoms with E-state index in [9.17, 15) is 4.79 Å². The number of hydrogen-bond acceptors (Lipinski definition) is 7. The molecule has 4 aromatic rings. The molecule has 0 spiro atoms. The van der Waals surface area contributed by atoms with Gasteiger partial charge in [-0.3, -0.25) is 9.20 Å². The van der Waals surface area contributed by atoms with Gasteiger partial charge in [-0.15, -0.1) is 15.3 Å². The van der Waals surface area contributed by atoms with Crippen molar-refractivity contribution in [3.63, 3.8) is 0 Å². The van der Waals surface area contributed by atoms with Crippen molar-refractivity contribution in [2.45, 2.75) is 38.1 Å². The number of likely N-dealkylation sites (tertiary alicyclic amines) is 1. The lowest BCUT2D eigenvalue weighted by atomic mass is 9.95. The number of aromatic nitrogens is 7. The van der Waals surface area contributed by atoms with E-state index in [4.69, 9.17) is 4.74 Å². The van der Waals surface area contributed by atoms with Gasteiger partial charge in [0.05, 0.1) is 7.11 Å². The predicted octanol–water partition coefficient (Wildman–Crippen LogP) is 2.22. The number of fused-ring (bicyclic) bond motifs is 1. The molecule has 0 aliphatic carbocycles. The first-order valence-corrected chi connectivity index (χ1v) is 11.1. The Kier molecular flexibility index (Phi) is 5.72. The SMILES string of the molecule is COc1cccc(C[C@@H](C(=O)N2CCC[C@@H](c3nnc4ccccn34)C2)n2nnnc2C)c1. The Morgan fingerprint density at radius 1 is 1.18 bits per heavy atom. The Bertz CT molecular complexity index is 1270. The van der Waals surface area contributed by atoms with Crippen molar-refractivity contribution in [2.24, 2.45) is 0 Å². The molecule has 0 N–H and O–H groups in total. The zero-order valence-electron chi connectivity index (χ0n) is 18.7. The minimum Gasteiger partial charge on any atom is -0.497 e. The standard InChI is InChI=1S/C23H26N8O2/c1-16-24-27-28-31(16)20(14-17-7-5-9-19(13-17)33-2)23(32)29-11-6-8-18(15-29)22-26-25-21-10-3-4-12-30(21)22/h3-5,7,9-10,12-13,18,20H,6,8,11,14-15H2,1-2H3/t18-,20+/m1/s1. The van der Waals surface area contributed by atoms with Crippen LogP contribution < -0.4 is 4.74 Å². The lowest BCUT2D eigenvalue weighted by molar-refractivity contribution is -0.136. The number of aryl methyl sites for hydroxylation is 1. The maximum atomic E-state index is 13.8. The average molecular weight is 447 g/mol. The van der Waals surface area contributed by atoms with Crippen LogP contribution in [0, 0.1) is 6.92 Å². The van der Waals surface area contributed by atoms with Gasteiger partial charge < -0.3 is 9.64 Å². The number of amides is 1. The Hall–Kier alpha value is -3.82. The monoisotopic (exact) mass is 446 g/mol. The minimum absolute atomic E-state index is 0.00624. The van der Waals surface area contributed by atoms with E-state index in [0.29, 0.717) is 25.3 Å². The second kappa shape index (κ2) is 8.97. The van der Waals surface area contributed by atoms with E-state index < -0.39 is 6.04 Å². The molecule has 0 saturated carbocycles. The number of ether oxygens (including phenoxy) is 1. The normalized spacial score (nSPS) is 17.3. The molecular formula is C23H26N8O2. The molecule has 2 atom stereocenters. The third-order valence-corrected chi connectivity index (χ3v) is 6.24. The van der Waals surface area contributed by atoms with Gasteiger partial charge in [0.15, 0.2) is 5.65 Å². The van der Waals surface area contributed by atoms with Gasteiger partial charge in [0.25, 0.3) is 0 Å². The van der Waals surface area contributed by atoms with Gasteiger partial charge in [-0.25, -0.2) is 4.68 Å². The van der Waals surface area contributed by atoms with Gasteiger partial charge in [0, 0.05) is 31.6 Å². The number of rotatable bonds is 6. The number of carbonyl (C=O) groups is 1. The summed E-state index contributed by atoms with van der Waals surface area (Å²) >= 11 is 0. The topological polar surface area (TPSA) is 103 Å². The summed E-state index contributed by atoms with van der Waals surface area (Å²) in [6.45, 7) is 3.10. The van der Waals surface area contributed by atoms with Gasteiger partial charge in [0.2, 0.25) is 5.91 Å². The molecule has 0 radical (unpaired) electrons. The summed E-state index contributed by atoms with van der Waals surface area (Å²) in [5, 5.41) is 20.6. The fraction of sp³-hybridized carbons (Fsp3) is 0.391. The van der Waals surface area contributed by atoms with Crippen LogP contribution in [-0.4, -0.2) is 65.8 Å². The van der Waals surface area contributed by atoms with Crippen LogP contribution in [0.25, 0.3) is 5.65 Å². The first-order valence-electron chi connectivity index (χ1n) is 11.1. The minimum atomic E-state index is -0.541. The maximum Gasteiger partial charge on any atom is 0.247 e. The van der Waals surface area contributed by atoms with Crippen LogP contribution in [0.1, 0.15) is 42.0 Å². The highest BCUT2D eigenvalue weighted by molar-refractivity contribution is 5.81. The zero-order valence-corrected chi connectivity index (χ0v) is 18.7. The number of nitrogens with zero attached hydrogens (tertiary/aromatic N) is 8. The first-order chi connectivity index (χ1) is 16.1. The third-order valence-electron chi connectivity index (χ3n) is 6.24. The van der Waals surface area contributed by atoms with Crippen LogP contribution in [0.3, 0.4) is 0 Å². The smallest absolute Gasteiger partial charge is 0.247 e.